The van der Waals surface area contributed by atoms with Gasteiger partial charge in [0.05, 0.1) is 40.3 Å². The number of nitrogens with zero attached hydrogens (tertiary/aromatic N) is 7. The van der Waals surface area contributed by atoms with Crippen molar-refractivity contribution in [3.05, 3.63) is 107 Å². The van der Waals surface area contributed by atoms with Crippen molar-refractivity contribution in [1.29, 1.82) is 10.5 Å². The summed E-state index contributed by atoms with van der Waals surface area (Å²) in [5, 5.41) is 36.6. The number of benzene rings is 2. The molecule has 1 aliphatic rings. The van der Waals surface area contributed by atoms with Crippen LogP contribution in [0.15, 0.2) is 73.2 Å². The quantitative estimate of drug-likeness (QED) is 0.222. The van der Waals surface area contributed by atoms with Crippen molar-refractivity contribution in [2.45, 2.75) is 45.2 Å². The summed E-state index contributed by atoms with van der Waals surface area (Å²) in [7, 11) is 0. The Balaban J connectivity index is 1.44. The van der Waals surface area contributed by atoms with Gasteiger partial charge in [-0.15, -0.1) is 5.10 Å². The van der Waals surface area contributed by atoms with Crippen molar-refractivity contribution >= 4 is 22.3 Å². The minimum Gasteiger partial charge on any atom is -0.383 e. The first kappa shape index (κ1) is 27.8. The summed E-state index contributed by atoms with van der Waals surface area (Å²) >= 11 is 0. The SMILES string of the molecule is CC(C)(C)CNc1c(C#N)cnc2c(C#N)cc(NC(c3ccc(F)cc3)c3cn(C4(c5ccccn5)CC4)nn3)cc12. The molecule has 5 aromatic rings. The molecule has 0 aliphatic heterocycles. The van der Waals surface area contributed by atoms with Gasteiger partial charge in [0.15, 0.2) is 0 Å². The standard InChI is InChI=1S/C33H30FN9/c1-32(2,3)20-39-30-23(17-36)18-38-29-22(16-35)14-25(15-26(29)30)40-31(21-7-9-24(34)10-8-21)27-19-43(42-41-27)33(11-12-33)28-6-4-5-13-37-28/h4-10,13-15,18-19,31,40H,11-12,20H2,1-3H3,(H,38,39). The van der Waals surface area contributed by atoms with E-state index in [2.05, 4.69) is 63.8 Å². The van der Waals surface area contributed by atoms with Crippen LogP contribution in [0.25, 0.3) is 10.9 Å². The van der Waals surface area contributed by atoms with Crippen molar-refractivity contribution in [3.8, 4) is 12.1 Å². The Morgan fingerprint density at radius 3 is 2.44 bits per heavy atom. The second-order valence-electron chi connectivity index (χ2n) is 12.1. The molecule has 3 heterocycles. The van der Waals surface area contributed by atoms with Gasteiger partial charge in [-0.05, 0) is 60.2 Å². The normalized spacial score (nSPS) is 14.5. The van der Waals surface area contributed by atoms with Crippen molar-refractivity contribution in [1.82, 2.24) is 25.0 Å². The number of hydrogen-bond acceptors (Lipinski definition) is 8. The third-order valence-corrected chi connectivity index (χ3v) is 7.63. The fraction of sp³-hybridized carbons (Fsp3) is 0.273. The number of fused-ring (bicyclic) bond motifs is 1. The molecular weight excluding hydrogens is 541 g/mol. The lowest BCUT2D eigenvalue weighted by atomic mass is 9.96. The molecular formula is C33H30FN9. The van der Waals surface area contributed by atoms with Gasteiger partial charge < -0.3 is 10.6 Å². The Hall–Kier alpha value is -5.35. The van der Waals surface area contributed by atoms with Crippen LogP contribution in [0.5, 0.6) is 0 Å². The van der Waals surface area contributed by atoms with Gasteiger partial charge in [-0.2, -0.15) is 10.5 Å². The Kier molecular flexibility index (Phi) is 6.99. The zero-order chi connectivity index (χ0) is 30.2. The predicted octanol–water partition coefficient (Wildman–Crippen LogP) is 6.30. The topological polar surface area (TPSA) is 128 Å². The first-order chi connectivity index (χ1) is 20.7. The van der Waals surface area contributed by atoms with Gasteiger partial charge in [-0.25, -0.2) is 9.07 Å². The molecule has 0 amide bonds. The van der Waals surface area contributed by atoms with Crippen LogP contribution < -0.4 is 10.6 Å². The molecule has 214 valence electrons. The summed E-state index contributed by atoms with van der Waals surface area (Å²) in [5.74, 6) is -0.347. The van der Waals surface area contributed by atoms with E-state index in [1.54, 1.807) is 24.4 Å². The number of nitrogens with one attached hydrogen (secondary N) is 2. The van der Waals surface area contributed by atoms with E-state index in [-0.39, 0.29) is 16.8 Å². The maximum absolute atomic E-state index is 13.9. The highest BCUT2D eigenvalue weighted by Gasteiger charge is 2.49. The first-order valence-electron chi connectivity index (χ1n) is 14.1. The van der Waals surface area contributed by atoms with Crippen LogP contribution in [0, 0.1) is 33.9 Å². The number of halogens is 1. The zero-order valence-electron chi connectivity index (χ0n) is 24.1. The minimum absolute atomic E-state index is 0.0517. The van der Waals surface area contributed by atoms with Crippen LogP contribution in [0.4, 0.5) is 15.8 Å². The molecule has 0 spiro atoms. The Morgan fingerprint density at radius 1 is 1.02 bits per heavy atom. The summed E-state index contributed by atoms with van der Waals surface area (Å²) in [6.45, 7) is 6.91. The number of rotatable bonds is 8. The highest BCUT2D eigenvalue weighted by atomic mass is 19.1. The zero-order valence-corrected chi connectivity index (χ0v) is 24.1. The number of hydrogen-bond donors (Lipinski definition) is 2. The van der Waals surface area contributed by atoms with E-state index in [0.717, 1.165) is 24.1 Å². The van der Waals surface area contributed by atoms with Gasteiger partial charge in [-0.3, -0.25) is 9.97 Å². The van der Waals surface area contributed by atoms with Crippen molar-refractivity contribution in [3.63, 3.8) is 0 Å². The molecule has 2 aromatic carbocycles. The Bertz CT molecular complexity index is 1870. The molecule has 0 bridgehead atoms. The van der Waals surface area contributed by atoms with Gasteiger partial charge in [0.1, 0.15) is 29.2 Å². The van der Waals surface area contributed by atoms with E-state index in [1.807, 2.05) is 35.1 Å². The van der Waals surface area contributed by atoms with Crippen LogP contribution in [-0.2, 0) is 5.54 Å². The van der Waals surface area contributed by atoms with Gasteiger partial charge >= 0.3 is 0 Å². The second kappa shape index (κ2) is 10.8. The summed E-state index contributed by atoms with van der Waals surface area (Å²) in [4.78, 5) is 9.02. The molecule has 43 heavy (non-hydrogen) atoms. The average Bonchev–Trinajstić information content (AvgIpc) is 3.68. The molecule has 1 unspecified atom stereocenters. The maximum Gasteiger partial charge on any atom is 0.123 e. The monoisotopic (exact) mass is 571 g/mol. The van der Waals surface area contributed by atoms with Gasteiger partial charge in [0, 0.05) is 30.0 Å². The predicted molar refractivity (Wildman–Crippen MR) is 162 cm³/mol. The highest BCUT2D eigenvalue weighted by Crippen LogP contribution is 2.48. The van der Waals surface area contributed by atoms with E-state index >= 15 is 0 Å². The van der Waals surface area contributed by atoms with Crippen LogP contribution in [0.2, 0.25) is 0 Å². The third kappa shape index (κ3) is 5.47. The number of aromatic nitrogens is 5. The number of nitriles is 2. The molecule has 2 N–H and O–H groups in total. The Morgan fingerprint density at radius 2 is 1.79 bits per heavy atom. The van der Waals surface area contributed by atoms with E-state index in [0.29, 0.717) is 45.6 Å². The summed E-state index contributed by atoms with van der Waals surface area (Å²) in [6.07, 6.45) is 6.98. The summed E-state index contributed by atoms with van der Waals surface area (Å²) in [5.41, 5.74) is 4.42. The largest absolute Gasteiger partial charge is 0.383 e. The molecule has 6 rings (SSSR count). The van der Waals surface area contributed by atoms with Gasteiger partial charge in [0.2, 0.25) is 0 Å². The fourth-order valence-electron chi connectivity index (χ4n) is 5.23. The van der Waals surface area contributed by atoms with Gasteiger partial charge in [-0.1, -0.05) is 44.2 Å². The maximum atomic E-state index is 13.9. The van der Waals surface area contributed by atoms with Crippen LogP contribution in [0.1, 0.15) is 67.7 Å². The van der Waals surface area contributed by atoms with Crippen LogP contribution in [-0.4, -0.2) is 31.5 Å². The lowest BCUT2D eigenvalue weighted by Gasteiger charge is -2.22. The van der Waals surface area contributed by atoms with Crippen LogP contribution in [0.3, 0.4) is 0 Å². The van der Waals surface area contributed by atoms with E-state index in [4.69, 9.17) is 0 Å². The molecule has 1 atom stereocenters. The fourth-order valence-corrected chi connectivity index (χ4v) is 5.23. The van der Waals surface area contributed by atoms with Gasteiger partial charge in [0.25, 0.3) is 0 Å². The third-order valence-electron chi connectivity index (χ3n) is 7.63. The van der Waals surface area contributed by atoms with Crippen LogP contribution >= 0.6 is 0 Å². The molecule has 0 saturated heterocycles. The smallest absolute Gasteiger partial charge is 0.123 e. The summed E-state index contributed by atoms with van der Waals surface area (Å²) in [6, 6.07) is 19.6. The van der Waals surface area contributed by atoms with E-state index in [1.165, 1.54) is 18.3 Å². The van der Waals surface area contributed by atoms with Crippen molar-refractivity contribution in [2.24, 2.45) is 5.41 Å². The highest BCUT2D eigenvalue weighted by molar-refractivity contribution is 5.99. The number of anilines is 2. The summed E-state index contributed by atoms with van der Waals surface area (Å²) < 4.78 is 15.8. The van der Waals surface area contributed by atoms with E-state index < -0.39 is 6.04 Å². The van der Waals surface area contributed by atoms with Crippen molar-refractivity contribution < 1.29 is 4.39 Å². The molecule has 10 heteroatoms. The lowest BCUT2D eigenvalue weighted by molar-refractivity contribution is 0.443. The minimum atomic E-state index is -0.518. The van der Waals surface area contributed by atoms with Crippen molar-refractivity contribution in [2.75, 3.05) is 17.2 Å². The molecule has 1 aliphatic carbocycles. The molecule has 0 radical (unpaired) electrons. The molecule has 1 fully saturated rings. The first-order valence-corrected chi connectivity index (χ1v) is 14.1. The molecule has 1 saturated carbocycles. The molecule has 9 nitrogen and oxygen atoms in total. The average molecular weight is 572 g/mol. The lowest BCUT2D eigenvalue weighted by Crippen LogP contribution is -2.20. The molecule has 3 aromatic heterocycles. The second-order valence-corrected chi connectivity index (χ2v) is 12.1. The van der Waals surface area contributed by atoms with E-state index in [9.17, 15) is 14.9 Å². The Labute approximate surface area is 249 Å². The number of pyridine rings is 2.